The first-order valence-corrected chi connectivity index (χ1v) is 8.56. The van der Waals surface area contributed by atoms with Crippen LogP contribution in [0.2, 0.25) is 0 Å². The van der Waals surface area contributed by atoms with Gasteiger partial charge in [0.1, 0.15) is 0 Å². The Morgan fingerprint density at radius 1 is 1.44 bits per heavy atom. The van der Waals surface area contributed by atoms with E-state index in [4.69, 9.17) is 0 Å². The molecule has 1 aromatic rings. The monoisotopic (exact) mass is 331 g/mol. The van der Waals surface area contributed by atoms with Crippen LogP contribution in [0.15, 0.2) is 29.2 Å². The molecule has 2 rings (SSSR count). The predicted octanol–water partition coefficient (Wildman–Crippen LogP) is 1.75. The van der Waals surface area contributed by atoms with Gasteiger partial charge >= 0.3 is 0 Å². The number of carbonyl (C=O) groups is 1. The Bertz CT molecular complexity index is 579. The van der Waals surface area contributed by atoms with E-state index in [0.29, 0.717) is 5.56 Å². The number of benzene rings is 1. The summed E-state index contributed by atoms with van der Waals surface area (Å²) >= 11 is 3.37. The van der Waals surface area contributed by atoms with Crippen molar-refractivity contribution in [2.24, 2.45) is 0 Å². The van der Waals surface area contributed by atoms with Gasteiger partial charge in [0.2, 0.25) is 0 Å². The number of halogens is 1. The molecule has 0 radical (unpaired) electrons. The van der Waals surface area contributed by atoms with Crippen molar-refractivity contribution in [2.75, 3.05) is 11.6 Å². The first-order chi connectivity index (χ1) is 8.36. The molecule has 0 unspecified atom stereocenters. The molecule has 0 bridgehead atoms. The van der Waals surface area contributed by atoms with E-state index in [2.05, 4.69) is 21.2 Å². The minimum absolute atomic E-state index is 0.141. The summed E-state index contributed by atoms with van der Waals surface area (Å²) < 4.78 is 22.8. The highest BCUT2D eigenvalue weighted by Gasteiger charge is 2.43. The van der Waals surface area contributed by atoms with Gasteiger partial charge in [-0.2, -0.15) is 0 Å². The normalized spacial score (nSPS) is 17.2. The number of hydrogen-bond acceptors (Lipinski definition) is 3. The van der Waals surface area contributed by atoms with Crippen LogP contribution in [0.4, 0.5) is 0 Å². The number of nitrogens with one attached hydrogen (secondary N) is 1. The fraction of sp³-hybridized carbons (Fsp3) is 0.417. The van der Waals surface area contributed by atoms with Crippen LogP contribution < -0.4 is 5.32 Å². The number of rotatable bonds is 4. The maximum Gasteiger partial charge on any atom is 0.251 e. The van der Waals surface area contributed by atoms with Gasteiger partial charge in [0.25, 0.3) is 5.91 Å². The minimum Gasteiger partial charge on any atom is -0.346 e. The fourth-order valence-electron chi connectivity index (χ4n) is 1.62. The molecule has 0 heterocycles. The maximum atomic E-state index is 12.0. The first kappa shape index (κ1) is 13.5. The van der Waals surface area contributed by atoms with Gasteiger partial charge in [-0.15, -0.1) is 0 Å². The molecule has 0 atom stereocenters. The highest BCUT2D eigenvalue weighted by atomic mass is 79.9. The summed E-state index contributed by atoms with van der Waals surface area (Å²) in [5.74, 6) is -0.225. The maximum absolute atomic E-state index is 12.0. The van der Waals surface area contributed by atoms with Crippen molar-refractivity contribution in [1.29, 1.82) is 0 Å². The highest BCUT2D eigenvalue weighted by molar-refractivity contribution is 9.09. The van der Waals surface area contributed by atoms with E-state index in [1.54, 1.807) is 12.1 Å². The average molecular weight is 332 g/mol. The number of amides is 1. The zero-order chi connectivity index (χ0) is 13.4. The molecule has 4 nitrogen and oxygen atoms in total. The lowest BCUT2D eigenvalue weighted by Gasteiger charge is -2.14. The summed E-state index contributed by atoms with van der Waals surface area (Å²) in [7, 11) is -3.28. The largest absolute Gasteiger partial charge is 0.346 e. The van der Waals surface area contributed by atoms with Gasteiger partial charge < -0.3 is 5.32 Å². The number of alkyl halides is 1. The lowest BCUT2D eigenvalue weighted by atomic mass is 10.2. The summed E-state index contributed by atoms with van der Waals surface area (Å²) in [6.45, 7) is 0. The summed E-state index contributed by atoms with van der Waals surface area (Å²) in [6.07, 6.45) is 3.04. The molecule has 1 N–H and O–H groups in total. The lowest BCUT2D eigenvalue weighted by molar-refractivity contribution is 0.0936. The quantitative estimate of drug-likeness (QED) is 0.855. The molecule has 0 spiro atoms. The fourth-order valence-corrected chi connectivity index (χ4v) is 2.99. The summed E-state index contributed by atoms with van der Waals surface area (Å²) in [5.41, 5.74) is 0.239. The van der Waals surface area contributed by atoms with Gasteiger partial charge in [0.15, 0.2) is 9.84 Å². The number of hydrogen-bond donors (Lipinski definition) is 1. The van der Waals surface area contributed by atoms with Crippen LogP contribution in [-0.4, -0.2) is 31.4 Å². The molecule has 0 aliphatic heterocycles. The lowest BCUT2D eigenvalue weighted by Crippen LogP contribution is -2.38. The third-order valence-electron chi connectivity index (χ3n) is 3.01. The van der Waals surface area contributed by atoms with Crippen molar-refractivity contribution in [2.45, 2.75) is 23.3 Å². The van der Waals surface area contributed by atoms with Crippen LogP contribution in [0.5, 0.6) is 0 Å². The topological polar surface area (TPSA) is 63.2 Å². The Hall–Kier alpha value is -0.880. The molecule has 0 aromatic heterocycles. The van der Waals surface area contributed by atoms with Gasteiger partial charge in [-0.1, -0.05) is 22.0 Å². The predicted molar refractivity (Wildman–Crippen MR) is 72.8 cm³/mol. The molecule has 18 heavy (non-hydrogen) atoms. The van der Waals surface area contributed by atoms with E-state index in [1.807, 2.05) is 0 Å². The summed E-state index contributed by atoms with van der Waals surface area (Å²) in [6, 6.07) is 6.10. The van der Waals surface area contributed by atoms with Crippen LogP contribution in [0.3, 0.4) is 0 Å². The summed E-state index contributed by atoms with van der Waals surface area (Å²) in [4.78, 5) is 12.2. The zero-order valence-electron chi connectivity index (χ0n) is 9.94. The summed E-state index contributed by atoms with van der Waals surface area (Å²) in [5, 5.41) is 3.65. The van der Waals surface area contributed by atoms with Gasteiger partial charge in [-0.05, 0) is 31.0 Å². The van der Waals surface area contributed by atoms with Crippen molar-refractivity contribution in [1.82, 2.24) is 5.32 Å². The van der Waals surface area contributed by atoms with Crippen molar-refractivity contribution in [3.05, 3.63) is 29.8 Å². The molecule has 1 fully saturated rings. The first-order valence-electron chi connectivity index (χ1n) is 5.55. The highest BCUT2D eigenvalue weighted by Crippen LogP contribution is 2.37. The Balaban J connectivity index is 2.21. The Morgan fingerprint density at radius 2 is 2.11 bits per heavy atom. The third-order valence-corrected chi connectivity index (χ3v) is 5.20. The van der Waals surface area contributed by atoms with Crippen LogP contribution in [0.1, 0.15) is 23.2 Å². The Morgan fingerprint density at radius 3 is 2.61 bits per heavy atom. The second-order valence-corrected chi connectivity index (χ2v) is 7.24. The second-order valence-electron chi connectivity index (χ2n) is 4.67. The standard InChI is InChI=1S/C12H14BrNO3S/c1-18(16,17)10-4-2-3-9(7-10)11(15)14-12(8-13)5-6-12/h2-4,7H,5-6,8H2,1H3,(H,14,15). The van der Waals surface area contributed by atoms with Crippen LogP contribution in [-0.2, 0) is 9.84 Å². The van der Waals surface area contributed by atoms with E-state index in [-0.39, 0.29) is 16.3 Å². The second kappa shape index (κ2) is 4.66. The van der Waals surface area contributed by atoms with E-state index in [1.165, 1.54) is 12.1 Å². The molecular formula is C12H14BrNO3S. The zero-order valence-corrected chi connectivity index (χ0v) is 12.3. The van der Waals surface area contributed by atoms with Crippen molar-refractivity contribution < 1.29 is 13.2 Å². The average Bonchev–Trinajstić information content (AvgIpc) is 3.08. The Labute approximate surface area is 115 Å². The molecule has 0 saturated heterocycles. The van der Waals surface area contributed by atoms with Gasteiger partial charge in [-0.3, -0.25) is 4.79 Å². The van der Waals surface area contributed by atoms with E-state index in [0.717, 1.165) is 24.4 Å². The molecule has 1 aliphatic carbocycles. The molecule has 1 aromatic carbocycles. The molecule has 1 amide bonds. The van der Waals surface area contributed by atoms with Crippen LogP contribution in [0.25, 0.3) is 0 Å². The van der Waals surface area contributed by atoms with Gasteiger partial charge in [0, 0.05) is 17.1 Å². The molecule has 98 valence electrons. The van der Waals surface area contributed by atoms with E-state index >= 15 is 0 Å². The number of carbonyl (C=O) groups excluding carboxylic acids is 1. The molecule has 1 aliphatic rings. The molecule has 6 heteroatoms. The van der Waals surface area contributed by atoms with Crippen molar-refractivity contribution in [3.8, 4) is 0 Å². The molecule has 1 saturated carbocycles. The molecular weight excluding hydrogens is 318 g/mol. The van der Waals surface area contributed by atoms with Crippen LogP contribution >= 0.6 is 15.9 Å². The van der Waals surface area contributed by atoms with Gasteiger partial charge in [-0.25, -0.2) is 8.42 Å². The number of sulfone groups is 1. The smallest absolute Gasteiger partial charge is 0.251 e. The third kappa shape index (κ3) is 2.92. The van der Waals surface area contributed by atoms with Crippen LogP contribution in [0, 0.1) is 0 Å². The minimum atomic E-state index is -3.28. The van der Waals surface area contributed by atoms with Gasteiger partial charge in [0.05, 0.1) is 10.4 Å². The van der Waals surface area contributed by atoms with Crippen molar-refractivity contribution in [3.63, 3.8) is 0 Å². The van der Waals surface area contributed by atoms with Crippen molar-refractivity contribution >= 4 is 31.7 Å². The Kier molecular flexibility index (Phi) is 3.51. The van der Waals surface area contributed by atoms with E-state index in [9.17, 15) is 13.2 Å². The van der Waals surface area contributed by atoms with E-state index < -0.39 is 9.84 Å². The SMILES string of the molecule is CS(=O)(=O)c1cccc(C(=O)NC2(CBr)CC2)c1.